The molecule has 1 unspecified atom stereocenters. The van der Waals surface area contributed by atoms with E-state index in [-0.39, 0.29) is 25.2 Å². The van der Waals surface area contributed by atoms with Crippen LogP contribution in [0.15, 0.2) is 64.8 Å². The summed E-state index contributed by atoms with van der Waals surface area (Å²) >= 11 is 0. The number of ketones is 1. The minimum Gasteiger partial charge on any atom is -0.496 e. The van der Waals surface area contributed by atoms with Gasteiger partial charge in [0.1, 0.15) is 17.5 Å². The molecule has 2 aromatic rings. The molecular formula is C29H30FNO6. The molecule has 0 aromatic heterocycles. The molecule has 1 aliphatic carbocycles. The third-order valence-electron chi connectivity index (χ3n) is 6.95. The van der Waals surface area contributed by atoms with Crippen LogP contribution in [0.4, 0.5) is 4.39 Å². The lowest BCUT2D eigenvalue weighted by Gasteiger charge is -2.41. The molecule has 0 bridgehead atoms. The van der Waals surface area contributed by atoms with Gasteiger partial charge in [-0.3, -0.25) is 14.6 Å². The largest absolute Gasteiger partial charge is 0.496 e. The van der Waals surface area contributed by atoms with Crippen LogP contribution in [-0.4, -0.2) is 43.8 Å². The van der Waals surface area contributed by atoms with E-state index in [1.165, 1.54) is 19.2 Å². The van der Waals surface area contributed by atoms with Crippen molar-refractivity contribution in [2.45, 2.75) is 39.0 Å². The molecule has 8 heteroatoms. The van der Waals surface area contributed by atoms with Crippen LogP contribution in [0.5, 0.6) is 5.75 Å². The number of hydrogen-bond acceptors (Lipinski definition) is 7. The molecule has 0 N–H and O–H groups in total. The number of methoxy groups -OCH3 is 1. The summed E-state index contributed by atoms with van der Waals surface area (Å²) in [5.74, 6) is -4.91. The monoisotopic (exact) mass is 507 g/mol. The van der Waals surface area contributed by atoms with E-state index in [1.54, 1.807) is 39.0 Å². The first-order valence-electron chi connectivity index (χ1n) is 12.4. The van der Waals surface area contributed by atoms with Crippen LogP contribution in [-0.2, 0) is 23.9 Å². The zero-order valence-electron chi connectivity index (χ0n) is 21.3. The Kier molecular flexibility index (Phi) is 7.86. The van der Waals surface area contributed by atoms with Gasteiger partial charge in [-0.25, -0.2) is 9.18 Å². The van der Waals surface area contributed by atoms with Crippen molar-refractivity contribution in [1.29, 1.82) is 0 Å². The Bertz CT molecular complexity index is 1270. The first-order valence-corrected chi connectivity index (χ1v) is 12.4. The fraction of sp³-hybridized carbons (Fsp3) is 0.379. The number of esters is 2. The number of benzene rings is 2. The molecule has 4 atom stereocenters. The van der Waals surface area contributed by atoms with Gasteiger partial charge in [-0.1, -0.05) is 30.3 Å². The van der Waals surface area contributed by atoms with E-state index in [2.05, 4.69) is 0 Å². The second-order valence-electron chi connectivity index (χ2n) is 9.01. The summed E-state index contributed by atoms with van der Waals surface area (Å²) in [6.07, 6.45) is 0.283. The topological polar surface area (TPSA) is 91.3 Å². The fourth-order valence-electron chi connectivity index (χ4n) is 5.45. The number of para-hydroxylation sites is 1. The Morgan fingerprint density at radius 3 is 2.32 bits per heavy atom. The molecule has 1 saturated carbocycles. The Morgan fingerprint density at radius 1 is 1.00 bits per heavy atom. The minimum atomic E-state index is -1.13. The number of halogens is 1. The second-order valence-corrected chi connectivity index (χ2v) is 9.01. The number of Topliss-reactive ketones (excluding diaryl/α,β-unsaturated/α-hetero) is 1. The fourth-order valence-corrected chi connectivity index (χ4v) is 5.45. The Morgan fingerprint density at radius 2 is 1.68 bits per heavy atom. The van der Waals surface area contributed by atoms with Gasteiger partial charge in [0.2, 0.25) is 0 Å². The maximum atomic E-state index is 14.3. The summed E-state index contributed by atoms with van der Waals surface area (Å²) in [6, 6.07) is 12.9. The summed E-state index contributed by atoms with van der Waals surface area (Å²) in [7, 11) is 1.53. The van der Waals surface area contributed by atoms with Gasteiger partial charge in [-0.05, 0) is 56.5 Å². The second kappa shape index (κ2) is 11.1. The van der Waals surface area contributed by atoms with Crippen LogP contribution in [0.25, 0.3) is 0 Å². The molecule has 0 radical (unpaired) electrons. The highest BCUT2D eigenvalue weighted by atomic mass is 19.1. The maximum Gasteiger partial charge on any atom is 0.336 e. The van der Waals surface area contributed by atoms with E-state index >= 15 is 0 Å². The zero-order chi connectivity index (χ0) is 26.7. The van der Waals surface area contributed by atoms with E-state index < -0.39 is 47.2 Å². The summed E-state index contributed by atoms with van der Waals surface area (Å²) < 4.78 is 30.0. The number of ether oxygens (including phenoxy) is 3. The van der Waals surface area contributed by atoms with Gasteiger partial charge < -0.3 is 14.2 Å². The molecular weight excluding hydrogens is 477 g/mol. The Hall–Kier alpha value is -3.81. The normalized spacial score (nSPS) is 23.2. The number of nitrogens with zero attached hydrogens (tertiary/aromatic N) is 1. The van der Waals surface area contributed by atoms with Crippen LogP contribution in [0, 0.1) is 17.7 Å². The van der Waals surface area contributed by atoms with Gasteiger partial charge in [0.25, 0.3) is 0 Å². The average Bonchev–Trinajstić information content (AvgIpc) is 2.88. The van der Waals surface area contributed by atoms with Crippen molar-refractivity contribution in [2.75, 3.05) is 20.3 Å². The molecule has 194 valence electrons. The van der Waals surface area contributed by atoms with Crippen LogP contribution in [0.3, 0.4) is 0 Å². The quantitative estimate of drug-likeness (QED) is 0.396. The van der Waals surface area contributed by atoms with Crippen LogP contribution >= 0.6 is 0 Å². The minimum absolute atomic E-state index is 0.112. The number of hydrogen-bond donors (Lipinski definition) is 0. The van der Waals surface area contributed by atoms with E-state index in [4.69, 9.17) is 19.2 Å². The van der Waals surface area contributed by atoms with Gasteiger partial charge in [0.15, 0.2) is 5.78 Å². The summed E-state index contributed by atoms with van der Waals surface area (Å²) in [4.78, 5) is 45.3. The molecule has 0 amide bonds. The average molecular weight is 508 g/mol. The van der Waals surface area contributed by atoms with Crippen molar-refractivity contribution in [3.63, 3.8) is 0 Å². The summed E-state index contributed by atoms with van der Waals surface area (Å²) in [6.45, 7) is 5.33. The van der Waals surface area contributed by atoms with E-state index in [0.29, 0.717) is 28.3 Å². The Balaban J connectivity index is 1.91. The standard InChI is InChI=1S/C29H30FNO6/c1-5-36-28(33)23-16(3)31-21-15-20(19-9-7-8-10-22(19)35-4)25(29(34)37-6-2)27(32)26(21)24(23)17-11-13-18(30)14-12-17/h7-14,20,24-26H,5-6,15H2,1-4H3/t20-,24-,25+,26?/m1/s1. The predicted molar refractivity (Wildman–Crippen MR) is 135 cm³/mol. The van der Waals surface area contributed by atoms with Gasteiger partial charge in [0.05, 0.1) is 31.8 Å². The number of carbonyl (C=O) groups excluding carboxylic acids is 3. The molecule has 4 rings (SSSR count). The third-order valence-corrected chi connectivity index (χ3v) is 6.95. The van der Waals surface area contributed by atoms with Crippen molar-refractivity contribution in [3.05, 3.63) is 76.7 Å². The number of allylic oxidation sites excluding steroid dienone is 1. The van der Waals surface area contributed by atoms with Crippen molar-refractivity contribution in [2.24, 2.45) is 16.8 Å². The first-order chi connectivity index (χ1) is 17.8. The number of carbonyl (C=O) groups is 3. The van der Waals surface area contributed by atoms with Gasteiger partial charge in [-0.2, -0.15) is 0 Å². The number of fused-ring (bicyclic) bond motifs is 1. The van der Waals surface area contributed by atoms with Crippen LogP contribution < -0.4 is 4.74 Å². The highest BCUT2D eigenvalue weighted by Crippen LogP contribution is 2.49. The predicted octanol–water partition coefficient (Wildman–Crippen LogP) is 4.76. The van der Waals surface area contributed by atoms with Crippen LogP contribution in [0.1, 0.15) is 50.2 Å². The Labute approximate surface area is 215 Å². The molecule has 1 aliphatic heterocycles. The lowest BCUT2D eigenvalue weighted by Crippen LogP contribution is -2.48. The number of rotatable bonds is 7. The smallest absolute Gasteiger partial charge is 0.336 e. The third kappa shape index (κ3) is 4.92. The van der Waals surface area contributed by atoms with Gasteiger partial charge in [0, 0.05) is 23.2 Å². The van der Waals surface area contributed by atoms with Crippen molar-refractivity contribution in [3.8, 4) is 5.75 Å². The van der Waals surface area contributed by atoms with Gasteiger partial charge >= 0.3 is 11.9 Å². The van der Waals surface area contributed by atoms with E-state index in [9.17, 15) is 18.8 Å². The molecule has 0 spiro atoms. The first kappa shape index (κ1) is 26.3. The van der Waals surface area contributed by atoms with E-state index in [0.717, 1.165) is 0 Å². The highest BCUT2D eigenvalue weighted by molar-refractivity contribution is 6.18. The van der Waals surface area contributed by atoms with E-state index in [1.807, 2.05) is 18.2 Å². The van der Waals surface area contributed by atoms with Crippen molar-refractivity contribution in [1.82, 2.24) is 0 Å². The highest BCUT2D eigenvalue weighted by Gasteiger charge is 2.53. The van der Waals surface area contributed by atoms with Crippen molar-refractivity contribution < 1.29 is 33.0 Å². The van der Waals surface area contributed by atoms with Gasteiger partial charge in [-0.15, -0.1) is 0 Å². The molecule has 0 saturated heterocycles. The maximum absolute atomic E-state index is 14.3. The molecule has 1 fully saturated rings. The van der Waals surface area contributed by atoms with Crippen LogP contribution in [0.2, 0.25) is 0 Å². The van der Waals surface area contributed by atoms with Crippen molar-refractivity contribution >= 4 is 23.4 Å². The summed E-state index contributed by atoms with van der Waals surface area (Å²) in [5, 5.41) is 0. The number of aliphatic imine (C=N–C) groups is 1. The molecule has 37 heavy (non-hydrogen) atoms. The molecule has 2 aliphatic rings. The molecule has 2 aromatic carbocycles. The lowest BCUT2D eigenvalue weighted by molar-refractivity contribution is -0.153. The molecule has 7 nitrogen and oxygen atoms in total. The SMILES string of the molecule is CCOC(=O)C1=C(C)N=C2C[C@H](c3ccccc3OC)[C@H](C(=O)OCC)C(=O)C2[C@@H]1c1ccc(F)cc1. The zero-order valence-corrected chi connectivity index (χ0v) is 21.3. The molecule has 1 heterocycles. The summed E-state index contributed by atoms with van der Waals surface area (Å²) in [5.41, 5.74) is 2.48. The lowest BCUT2D eigenvalue weighted by atomic mass is 9.62.